The van der Waals surface area contributed by atoms with E-state index in [4.69, 9.17) is 14.6 Å². The number of rotatable bonds is 6. The largest absolute Gasteiger partial charge is 0.493 e. The van der Waals surface area contributed by atoms with Crippen molar-refractivity contribution in [3.63, 3.8) is 0 Å². The highest BCUT2D eigenvalue weighted by Gasteiger charge is 2.06. The van der Waals surface area contributed by atoms with Crippen LogP contribution in [0.25, 0.3) is 0 Å². The van der Waals surface area contributed by atoms with Crippen LogP contribution in [-0.2, 0) is 13.2 Å². The second-order valence-corrected chi connectivity index (χ2v) is 4.29. The highest BCUT2D eigenvalue weighted by Crippen LogP contribution is 2.28. The Balaban J connectivity index is 2.14. The summed E-state index contributed by atoms with van der Waals surface area (Å²) in [6, 6.07) is 12.5. The van der Waals surface area contributed by atoms with Crippen LogP contribution in [-0.4, -0.2) is 18.5 Å². The second kappa shape index (κ2) is 6.73. The van der Waals surface area contributed by atoms with Gasteiger partial charge in [0.1, 0.15) is 12.9 Å². The first-order valence-electron chi connectivity index (χ1n) is 6.21. The molecule has 0 saturated carbocycles. The molecular formula is C16H16O4. The first-order valence-corrected chi connectivity index (χ1v) is 6.21. The summed E-state index contributed by atoms with van der Waals surface area (Å²) in [6.07, 6.45) is 0.802. The smallest absolute Gasteiger partial charge is 0.162 e. The molecule has 0 amide bonds. The number of aliphatic hydroxyl groups excluding tert-OH is 1. The van der Waals surface area contributed by atoms with Crippen molar-refractivity contribution in [1.29, 1.82) is 0 Å². The molecular weight excluding hydrogens is 256 g/mol. The van der Waals surface area contributed by atoms with E-state index in [9.17, 15) is 4.79 Å². The Bertz CT molecular complexity index is 593. The quantitative estimate of drug-likeness (QED) is 0.821. The van der Waals surface area contributed by atoms with Crippen LogP contribution in [0, 0.1) is 0 Å². The van der Waals surface area contributed by atoms with Gasteiger partial charge in [0.15, 0.2) is 11.5 Å². The predicted octanol–water partition coefficient (Wildman–Crippen LogP) is 2.58. The topological polar surface area (TPSA) is 55.8 Å². The monoisotopic (exact) mass is 272 g/mol. The van der Waals surface area contributed by atoms with Gasteiger partial charge >= 0.3 is 0 Å². The molecule has 1 N–H and O–H groups in total. The van der Waals surface area contributed by atoms with E-state index in [1.807, 2.05) is 12.1 Å². The zero-order valence-electron chi connectivity index (χ0n) is 11.2. The molecule has 2 rings (SSSR count). The fourth-order valence-electron chi connectivity index (χ4n) is 1.85. The summed E-state index contributed by atoms with van der Waals surface area (Å²) in [7, 11) is 1.56. The van der Waals surface area contributed by atoms with Crippen molar-refractivity contribution in [2.45, 2.75) is 13.2 Å². The summed E-state index contributed by atoms with van der Waals surface area (Å²) in [5.41, 5.74) is 2.26. The minimum atomic E-state index is -0.0546. The van der Waals surface area contributed by atoms with Gasteiger partial charge < -0.3 is 14.6 Å². The first kappa shape index (κ1) is 14.1. The average Bonchev–Trinajstić information content (AvgIpc) is 2.52. The minimum absolute atomic E-state index is 0.0546. The molecule has 0 bridgehead atoms. The lowest BCUT2D eigenvalue weighted by Gasteiger charge is -2.12. The van der Waals surface area contributed by atoms with Crippen LogP contribution in [0.5, 0.6) is 11.5 Å². The number of carbonyl (C=O) groups is 1. The zero-order valence-corrected chi connectivity index (χ0v) is 11.2. The molecule has 2 aromatic rings. The summed E-state index contributed by atoms with van der Waals surface area (Å²) in [4.78, 5) is 10.7. The van der Waals surface area contributed by atoms with Gasteiger partial charge in [-0.25, -0.2) is 0 Å². The average molecular weight is 272 g/mol. The van der Waals surface area contributed by atoms with Crippen molar-refractivity contribution in [3.05, 3.63) is 59.2 Å². The molecule has 0 heterocycles. The van der Waals surface area contributed by atoms with Gasteiger partial charge in [0.25, 0.3) is 0 Å². The van der Waals surface area contributed by atoms with Gasteiger partial charge in [-0.2, -0.15) is 0 Å². The van der Waals surface area contributed by atoms with Crippen molar-refractivity contribution >= 4 is 6.29 Å². The summed E-state index contributed by atoms with van der Waals surface area (Å²) in [5.74, 6) is 1.17. The SMILES string of the molecule is COc1ccc(CO)cc1OCc1cccc(C=O)c1. The van der Waals surface area contributed by atoms with E-state index in [0.717, 1.165) is 17.4 Å². The lowest BCUT2D eigenvalue weighted by molar-refractivity contribution is 0.112. The highest BCUT2D eigenvalue weighted by molar-refractivity contribution is 5.74. The van der Waals surface area contributed by atoms with Crippen molar-refractivity contribution in [1.82, 2.24) is 0 Å². The van der Waals surface area contributed by atoms with E-state index in [1.54, 1.807) is 37.4 Å². The number of methoxy groups -OCH3 is 1. The molecule has 0 aromatic heterocycles. The normalized spacial score (nSPS) is 10.1. The van der Waals surface area contributed by atoms with Crippen LogP contribution in [0.4, 0.5) is 0 Å². The molecule has 0 aliphatic rings. The fourth-order valence-corrected chi connectivity index (χ4v) is 1.85. The van der Waals surface area contributed by atoms with E-state index >= 15 is 0 Å². The number of ether oxygens (including phenoxy) is 2. The first-order chi connectivity index (χ1) is 9.76. The Morgan fingerprint density at radius 2 is 1.95 bits per heavy atom. The van der Waals surface area contributed by atoms with Gasteiger partial charge in [0, 0.05) is 5.56 Å². The summed E-state index contributed by atoms with van der Waals surface area (Å²) in [5, 5.41) is 9.14. The van der Waals surface area contributed by atoms with E-state index < -0.39 is 0 Å². The van der Waals surface area contributed by atoms with E-state index in [0.29, 0.717) is 23.7 Å². The molecule has 2 aromatic carbocycles. The van der Waals surface area contributed by atoms with Crippen LogP contribution in [0.2, 0.25) is 0 Å². The van der Waals surface area contributed by atoms with E-state index in [1.165, 1.54) is 0 Å². The second-order valence-electron chi connectivity index (χ2n) is 4.29. The lowest BCUT2D eigenvalue weighted by Crippen LogP contribution is -1.99. The van der Waals surface area contributed by atoms with E-state index in [-0.39, 0.29) is 6.61 Å². The molecule has 104 valence electrons. The zero-order chi connectivity index (χ0) is 14.4. The van der Waals surface area contributed by atoms with Crippen LogP contribution in [0.15, 0.2) is 42.5 Å². The maximum Gasteiger partial charge on any atom is 0.162 e. The molecule has 0 saturated heterocycles. The molecule has 20 heavy (non-hydrogen) atoms. The van der Waals surface area contributed by atoms with E-state index in [2.05, 4.69) is 0 Å². The van der Waals surface area contributed by atoms with Gasteiger partial charge in [0.2, 0.25) is 0 Å². The van der Waals surface area contributed by atoms with Crippen LogP contribution < -0.4 is 9.47 Å². The third-order valence-electron chi connectivity index (χ3n) is 2.89. The van der Waals surface area contributed by atoms with Crippen LogP contribution >= 0.6 is 0 Å². The molecule has 4 nitrogen and oxygen atoms in total. The van der Waals surface area contributed by atoms with Crippen molar-refractivity contribution in [3.8, 4) is 11.5 Å². The Morgan fingerprint density at radius 3 is 2.65 bits per heavy atom. The van der Waals surface area contributed by atoms with Gasteiger partial charge in [0.05, 0.1) is 13.7 Å². The molecule has 0 radical (unpaired) electrons. The third kappa shape index (κ3) is 3.36. The van der Waals surface area contributed by atoms with Gasteiger partial charge in [-0.15, -0.1) is 0 Å². The van der Waals surface area contributed by atoms with Gasteiger partial charge in [-0.05, 0) is 29.3 Å². The maximum atomic E-state index is 10.7. The molecule has 0 atom stereocenters. The summed E-state index contributed by atoms with van der Waals surface area (Å²) in [6.45, 7) is 0.272. The van der Waals surface area contributed by atoms with Crippen molar-refractivity contribution in [2.75, 3.05) is 7.11 Å². The third-order valence-corrected chi connectivity index (χ3v) is 2.89. The van der Waals surface area contributed by atoms with Crippen LogP contribution in [0.1, 0.15) is 21.5 Å². The maximum absolute atomic E-state index is 10.7. The van der Waals surface area contributed by atoms with Gasteiger partial charge in [-0.3, -0.25) is 4.79 Å². The summed E-state index contributed by atoms with van der Waals surface area (Å²) < 4.78 is 10.9. The molecule has 0 aliphatic heterocycles. The predicted molar refractivity (Wildman–Crippen MR) is 75.1 cm³/mol. The molecule has 0 fully saturated rings. The summed E-state index contributed by atoms with van der Waals surface area (Å²) >= 11 is 0. The Morgan fingerprint density at radius 1 is 1.10 bits per heavy atom. The minimum Gasteiger partial charge on any atom is -0.493 e. The Hall–Kier alpha value is -2.33. The molecule has 4 heteroatoms. The van der Waals surface area contributed by atoms with Gasteiger partial charge in [-0.1, -0.05) is 24.3 Å². The fraction of sp³-hybridized carbons (Fsp3) is 0.188. The standard InChI is InChI=1S/C16H16O4/c1-19-15-6-5-13(10-18)8-16(15)20-11-14-4-2-3-12(7-14)9-17/h2-9,18H,10-11H2,1H3. The number of benzene rings is 2. The highest BCUT2D eigenvalue weighted by atomic mass is 16.5. The number of carbonyl (C=O) groups excluding carboxylic acids is 1. The van der Waals surface area contributed by atoms with Crippen molar-refractivity contribution < 1.29 is 19.4 Å². The number of aldehydes is 1. The van der Waals surface area contributed by atoms with Crippen LogP contribution in [0.3, 0.4) is 0 Å². The Labute approximate surface area is 117 Å². The number of hydrogen-bond donors (Lipinski definition) is 1. The molecule has 0 unspecified atom stereocenters. The lowest BCUT2D eigenvalue weighted by atomic mass is 10.1. The molecule has 0 spiro atoms. The van der Waals surface area contributed by atoms with Crippen molar-refractivity contribution in [2.24, 2.45) is 0 Å². The molecule has 0 aliphatic carbocycles. The number of aliphatic hydroxyl groups is 1. The number of hydrogen-bond acceptors (Lipinski definition) is 4. The Kier molecular flexibility index (Phi) is 4.74.